The highest BCUT2D eigenvalue weighted by Gasteiger charge is 2.13. The average Bonchev–Trinajstić information content (AvgIpc) is 2.38. The molecule has 0 aromatic carbocycles. The lowest BCUT2D eigenvalue weighted by Gasteiger charge is -2.25. The topological polar surface area (TPSA) is 37.0 Å². The predicted molar refractivity (Wildman–Crippen MR) is 66.3 cm³/mol. The number of hydrogen-bond donors (Lipinski definition) is 2. The summed E-state index contributed by atoms with van der Waals surface area (Å²) in [6, 6.07) is 7.05. The third-order valence-corrected chi connectivity index (χ3v) is 3.21. The zero-order chi connectivity index (χ0) is 11.2. The second-order valence-corrected chi connectivity index (χ2v) is 4.53. The smallest absolute Gasteiger partial charge is 0.0570 e. The Balaban J connectivity index is 1.77. The van der Waals surface area contributed by atoms with Gasteiger partial charge in [0.15, 0.2) is 0 Å². The number of aromatic nitrogens is 1. The SMILES string of the molecule is CC(NCC1CCCCN1)c1ccccn1. The van der Waals surface area contributed by atoms with E-state index in [0.29, 0.717) is 12.1 Å². The van der Waals surface area contributed by atoms with Crippen molar-refractivity contribution >= 4 is 0 Å². The quantitative estimate of drug-likeness (QED) is 0.812. The molecule has 2 atom stereocenters. The number of piperidine rings is 1. The summed E-state index contributed by atoms with van der Waals surface area (Å²) in [4.78, 5) is 4.36. The summed E-state index contributed by atoms with van der Waals surface area (Å²) in [7, 11) is 0. The normalized spacial score (nSPS) is 22.9. The fraction of sp³-hybridized carbons (Fsp3) is 0.615. The van der Waals surface area contributed by atoms with Crippen LogP contribution in [0.4, 0.5) is 0 Å². The zero-order valence-corrected chi connectivity index (χ0v) is 9.95. The molecule has 0 bridgehead atoms. The van der Waals surface area contributed by atoms with Crippen LogP contribution in [0.1, 0.15) is 37.9 Å². The molecular formula is C13H21N3. The maximum Gasteiger partial charge on any atom is 0.0570 e. The highest BCUT2D eigenvalue weighted by atomic mass is 15.0. The van der Waals surface area contributed by atoms with Crippen LogP contribution in [0.15, 0.2) is 24.4 Å². The van der Waals surface area contributed by atoms with Crippen molar-refractivity contribution in [3.63, 3.8) is 0 Å². The van der Waals surface area contributed by atoms with E-state index >= 15 is 0 Å². The van der Waals surface area contributed by atoms with Crippen molar-refractivity contribution in [2.75, 3.05) is 13.1 Å². The van der Waals surface area contributed by atoms with Crippen molar-refractivity contribution in [1.29, 1.82) is 0 Å². The molecule has 16 heavy (non-hydrogen) atoms. The second kappa shape index (κ2) is 5.97. The van der Waals surface area contributed by atoms with E-state index in [4.69, 9.17) is 0 Å². The molecular weight excluding hydrogens is 198 g/mol. The van der Waals surface area contributed by atoms with Crippen LogP contribution in [-0.2, 0) is 0 Å². The Labute approximate surface area is 97.7 Å². The molecule has 1 aromatic rings. The molecule has 0 radical (unpaired) electrons. The maximum absolute atomic E-state index is 4.36. The predicted octanol–water partition coefficient (Wildman–Crippen LogP) is 1.87. The molecule has 1 aromatic heterocycles. The van der Waals surface area contributed by atoms with Gasteiger partial charge in [-0.15, -0.1) is 0 Å². The molecule has 0 amide bonds. The minimum Gasteiger partial charge on any atom is -0.313 e. The largest absolute Gasteiger partial charge is 0.313 e. The van der Waals surface area contributed by atoms with E-state index in [9.17, 15) is 0 Å². The lowest BCUT2D eigenvalue weighted by Crippen LogP contribution is -2.42. The molecule has 0 aliphatic carbocycles. The van der Waals surface area contributed by atoms with E-state index in [-0.39, 0.29) is 0 Å². The van der Waals surface area contributed by atoms with Gasteiger partial charge in [0, 0.05) is 24.8 Å². The van der Waals surface area contributed by atoms with Crippen LogP contribution in [0.5, 0.6) is 0 Å². The molecule has 1 saturated heterocycles. The molecule has 2 rings (SSSR count). The van der Waals surface area contributed by atoms with Crippen molar-refractivity contribution in [3.05, 3.63) is 30.1 Å². The van der Waals surface area contributed by atoms with Gasteiger partial charge < -0.3 is 10.6 Å². The summed E-state index contributed by atoms with van der Waals surface area (Å²) in [5.74, 6) is 0. The summed E-state index contributed by atoms with van der Waals surface area (Å²) < 4.78 is 0. The molecule has 1 aliphatic rings. The van der Waals surface area contributed by atoms with Crippen molar-refractivity contribution in [3.8, 4) is 0 Å². The number of nitrogens with zero attached hydrogens (tertiary/aromatic N) is 1. The average molecular weight is 219 g/mol. The molecule has 3 heteroatoms. The third kappa shape index (κ3) is 3.29. The van der Waals surface area contributed by atoms with Crippen LogP contribution in [0.2, 0.25) is 0 Å². The van der Waals surface area contributed by atoms with E-state index in [1.54, 1.807) is 0 Å². The van der Waals surface area contributed by atoms with Gasteiger partial charge in [0.1, 0.15) is 0 Å². The lowest BCUT2D eigenvalue weighted by atomic mass is 10.0. The first kappa shape index (κ1) is 11.6. The van der Waals surface area contributed by atoms with Gasteiger partial charge in [0.05, 0.1) is 5.69 Å². The minimum atomic E-state index is 0.338. The summed E-state index contributed by atoms with van der Waals surface area (Å²) in [6.45, 7) is 4.38. The van der Waals surface area contributed by atoms with E-state index < -0.39 is 0 Å². The molecule has 2 heterocycles. The molecule has 1 fully saturated rings. The standard InChI is InChI=1S/C13H21N3/c1-11(13-7-3-5-9-15-13)16-10-12-6-2-4-8-14-12/h3,5,7,9,11-12,14,16H,2,4,6,8,10H2,1H3. The Hall–Kier alpha value is -0.930. The van der Waals surface area contributed by atoms with Crippen molar-refractivity contribution in [2.24, 2.45) is 0 Å². The molecule has 2 N–H and O–H groups in total. The van der Waals surface area contributed by atoms with Gasteiger partial charge in [-0.25, -0.2) is 0 Å². The molecule has 1 aliphatic heterocycles. The van der Waals surface area contributed by atoms with Crippen LogP contribution < -0.4 is 10.6 Å². The van der Waals surface area contributed by atoms with Crippen LogP contribution in [0.25, 0.3) is 0 Å². The van der Waals surface area contributed by atoms with Crippen LogP contribution in [0.3, 0.4) is 0 Å². The van der Waals surface area contributed by atoms with Crippen molar-refractivity contribution in [1.82, 2.24) is 15.6 Å². The van der Waals surface area contributed by atoms with Gasteiger partial charge in [-0.05, 0) is 38.4 Å². The summed E-state index contributed by atoms with van der Waals surface area (Å²) >= 11 is 0. The first-order valence-electron chi connectivity index (χ1n) is 6.24. The highest BCUT2D eigenvalue weighted by molar-refractivity contribution is 5.07. The van der Waals surface area contributed by atoms with Crippen molar-refractivity contribution in [2.45, 2.75) is 38.3 Å². The fourth-order valence-corrected chi connectivity index (χ4v) is 2.15. The van der Waals surface area contributed by atoms with Crippen LogP contribution >= 0.6 is 0 Å². The Kier molecular flexibility index (Phi) is 4.31. The van der Waals surface area contributed by atoms with Gasteiger partial charge in [0.25, 0.3) is 0 Å². The van der Waals surface area contributed by atoms with Gasteiger partial charge in [-0.3, -0.25) is 4.98 Å². The second-order valence-electron chi connectivity index (χ2n) is 4.53. The van der Waals surface area contributed by atoms with Crippen LogP contribution in [-0.4, -0.2) is 24.1 Å². The summed E-state index contributed by atoms with van der Waals surface area (Å²) in [5, 5.41) is 7.09. The molecule has 2 unspecified atom stereocenters. The van der Waals surface area contributed by atoms with Gasteiger partial charge in [-0.2, -0.15) is 0 Å². The Morgan fingerprint density at radius 3 is 3.12 bits per heavy atom. The molecule has 88 valence electrons. The Morgan fingerprint density at radius 1 is 1.50 bits per heavy atom. The van der Waals surface area contributed by atoms with E-state index in [1.807, 2.05) is 18.3 Å². The van der Waals surface area contributed by atoms with Gasteiger partial charge >= 0.3 is 0 Å². The van der Waals surface area contributed by atoms with E-state index in [0.717, 1.165) is 12.2 Å². The van der Waals surface area contributed by atoms with Gasteiger partial charge in [-0.1, -0.05) is 12.5 Å². The Bertz CT molecular complexity index is 293. The molecule has 0 saturated carbocycles. The van der Waals surface area contributed by atoms with E-state index in [2.05, 4.69) is 28.6 Å². The zero-order valence-electron chi connectivity index (χ0n) is 9.95. The van der Waals surface area contributed by atoms with Crippen molar-refractivity contribution < 1.29 is 0 Å². The summed E-state index contributed by atoms with van der Waals surface area (Å²) in [6.07, 6.45) is 5.83. The monoisotopic (exact) mass is 219 g/mol. The lowest BCUT2D eigenvalue weighted by molar-refractivity contribution is 0.370. The maximum atomic E-state index is 4.36. The minimum absolute atomic E-state index is 0.338. The van der Waals surface area contributed by atoms with Crippen LogP contribution in [0, 0.1) is 0 Å². The number of pyridine rings is 1. The number of nitrogens with one attached hydrogen (secondary N) is 2. The summed E-state index contributed by atoms with van der Waals surface area (Å²) in [5.41, 5.74) is 1.12. The van der Waals surface area contributed by atoms with E-state index in [1.165, 1.54) is 25.8 Å². The number of hydrogen-bond acceptors (Lipinski definition) is 3. The van der Waals surface area contributed by atoms with Gasteiger partial charge in [0.2, 0.25) is 0 Å². The third-order valence-electron chi connectivity index (χ3n) is 3.21. The molecule has 0 spiro atoms. The molecule has 3 nitrogen and oxygen atoms in total. The fourth-order valence-electron chi connectivity index (χ4n) is 2.15. The first-order chi connectivity index (χ1) is 7.86. The number of rotatable bonds is 4. The first-order valence-corrected chi connectivity index (χ1v) is 6.24. The Morgan fingerprint density at radius 2 is 2.44 bits per heavy atom. The highest BCUT2D eigenvalue weighted by Crippen LogP contribution is 2.10.